The van der Waals surface area contributed by atoms with E-state index in [4.69, 9.17) is 0 Å². The van der Waals surface area contributed by atoms with Gasteiger partial charge >= 0.3 is 0 Å². The van der Waals surface area contributed by atoms with E-state index >= 15 is 0 Å². The normalized spacial score (nSPS) is 25.8. The molecule has 2 aliphatic carbocycles. The van der Waals surface area contributed by atoms with Gasteiger partial charge in [-0.1, -0.05) is 68.5 Å². The predicted octanol–water partition coefficient (Wildman–Crippen LogP) is 9.51. The highest BCUT2D eigenvalue weighted by atomic mass is 16.3. The van der Waals surface area contributed by atoms with Gasteiger partial charge in [0.2, 0.25) is 5.69 Å². The number of allylic oxidation sites excluding steroid dienone is 13. The summed E-state index contributed by atoms with van der Waals surface area (Å²) in [4.78, 5) is 2.32. The summed E-state index contributed by atoms with van der Waals surface area (Å²) in [6.45, 7) is 11.3. The number of hydrogen-bond donors (Lipinski definition) is 1. The van der Waals surface area contributed by atoms with Gasteiger partial charge in [0.15, 0.2) is 5.71 Å². The number of hydrogen-bond acceptors (Lipinski definition) is 2. The van der Waals surface area contributed by atoms with Gasteiger partial charge in [-0.3, -0.25) is 0 Å². The fourth-order valence-electron chi connectivity index (χ4n) is 7.56. The molecule has 0 atom stereocenters. The molecule has 0 saturated heterocycles. The van der Waals surface area contributed by atoms with Gasteiger partial charge in [-0.2, -0.15) is 4.58 Å². The van der Waals surface area contributed by atoms with E-state index in [1.54, 1.807) is 0 Å². The Bertz CT molecular complexity index is 1780. The molecule has 0 spiro atoms. The van der Waals surface area contributed by atoms with E-state index in [0.29, 0.717) is 5.76 Å². The predicted molar refractivity (Wildman–Crippen MR) is 177 cm³/mol. The average Bonchev–Trinajstić information content (AvgIpc) is 3.46. The first-order valence-corrected chi connectivity index (χ1v) is 15.2. The Morgan fingerprint density at radius 3 is 2.45 bits per heavy atom. The maximum absolute atomic E-state index is 11.3. The van der Waals surface area contributed by atoms with Crippen molar-refractivity contribution in [3.63, 3.8) is 0 Å². The van der Waals surface area contributed by atoms with Crippen LogP contribution >= 0.6 is 0 Å². The molecule has 2 heterocycles. The molecule has 0 bridgehead atoms. The monoisotopic (exact) mass is 555 g/mol. The lowest BCUT2D eigenvalue weighted by atomic mass is 9.78. The molecular formula is C39H43N2O+. The summed E-state index contributed by atoms with van der Waals surface area (Å²) in [7, 11) is 4.32. The molecular weight excluding hydrogens is 512 g/mol. The minimum absolute atomic E-state index is 0.142. The van der Waals surface area contributed by atoms with Crippen molar-refractivity contribution < 1.29 is 9.68 Å². The van der Waals surface area contributed by atoms with Crippen molar-refractivity contribution in [3.05, 3.63) is 136 Å². The second-order valence-electron chi connectivity index (χ2n) is 12.9. The van der Waals surface area contributed by atoms with E-state index in [-0.39, 0.29) is 10.8 Å². The highest BCUT2D eigenvalue weighted by Gasteiger charge is 2.44. The molecule has 3 nitrogen and oxygen atoms in total. The van der Waals surface area contributed by atoms with Gasteiger partial charge in [0.25, 0.3) is 0 Å². The minimum atomic E-state index is -0.149. The first kappa shape index (κ1) is 28.0. The van der Waals surface area contributed by atoms with E-state index in [1.165, 1.54) is 50.3 Å². The number of nitrogens with zero attached hydrogens (tertiary/aromatic N) is 2. The van der Waals surface area contributed by atoms with Crippen molar-refractivity contribution in [3.8, 4) is 0 Å². The van der Waals surface area contributed by atoms with Crippen LogP contribution in [0, 0.1) is 5.41 Å². The lowest BCUT2D eigenvalue weighted by Crippen LogP contribution is -2.26. The molecule has 2 aliphatic heterocycles. The highest BCUT2D eigenvalue weighted by Crippen LogP contribution is 2.50. The smallest absolute Gasteiger partial charge is 0.210 e. The van der Waals surface area contributed by atoms with Crippen LogP contribution in [-0.2, 0) is 5.41 Å². The number of likely N-dealkylation sites (N-methyl/N-ethyl adjacent to an activating group) is 1. The summed E-state index contributed by atoms with van der Waals surface area (Å²) in [5, 5.41) is 13.9. The molecule has 42 heavy (non-hydrogen) atoms. The topological polar surface area (TPSA) is 26.5 Å². The molecule has 214 valence electrons. The van der Waals surface area contributed by atoms with Crippen LogP contribution in [0.15, 0.2) is 131 Å². The number of aliphatic hydroxyl groups is 1. The van der Waals surface area contributed by atoms with Crippen LogP contribution in [0.4, 0.5) is 5.69 Å². The van der Waals surface area contributed by atoms with Gasteiger partial charge in [0.1, 0.15) is 12.8 Å². The Morgan fingerprint density at radius 1 is 0.905 bits per heavy atom. The van der Waals surface area contributed by atoms with E-state index in [9.17, 15) is 5.11 Å². The zero-order valence-corrected chi connectivity index (χ0v) is 26.1. The fourth-order valence-corrected chi connectivity index (χ4v) is 7.56. The minimum Gasteiger partial charge on any atom is -0.507 e. The maximum Gasteiger partial charge on any atom is 0.210 e. The van der Waals surface area contributed by atoms with Crippen molar-refractivity contribution >= 4 is 22.2 Å². The third-order valence-corrected chi connectivity index (χ3v) is 9.74. The molecule has 0 radical (unpaired) electrons. The summed E-state index contributed by atoms with van der Waals surface area (Å²) < 4.78 is 2.31. The molecule has 0 unspecified atom stereocenters. The largest absolute Gasteiger partial charge is 0.507 e. The Hall–Kier alpha value is -4.11. The molecule has 6 rings (SSSR count). The lowest BCUT2D eigenvalue weighted by molar-refractivity contribution is -0.401. The van der Waals surface area contributed by atoms with Crippen molar-refractivity contribution in [2.75, 3.05) is 14.1 Å². The van der Waals surface area contributed by atoms with Crippen molar-refractivity contribution in [1.29, 1.82) is 0 Å². The Kier molecular flexibility index (Phi) is 6.88. The third kappa shape index (κ3) is 4.29. The fraction of sp³-hybridized carbons (Fsp3) is 0.308. The summed E-state index contributed by atoms with van der Waals surface area (Å²) in [6.07, 6.45) is 22.5. The lowest BCUT2D eigenvalue weighted by Gasteiger charge is -2.27. The second kappa shape index (κ2) is 10.3. The van der Waals surface area contributed by atoms with Crippen LogP contribution in [-0.4, -0.2) is 34.4 Å². The molecule has 4 aliphatic rings. The van der Waals surface area contributed by atoms with Gasteiger partial charge in [-0.05, 0) is 97.4 Å². The van der Waals surface area contributed by atoms with E-state index in [0.717, 1.165) is 30.4 Å². The summed E-state index contributed by atoms with van der Waals surface area (Å²) in [5.41, 5.74) is 10.7. The summed E-state index contributed by atoms with van der Waals surface area (Å²) in [6, 6.07) is 13.1. The van der Waals surface area contributed by atoms with Crippen LogP contribution in [0.2, 0.25) is 0 Å². The average molecular weight is 556 g/mol. The number of benzene rings is 2. The quantitative estimate of drug-likeness (QED) is 0.382. The highest BCUT2D eigenvalue weighted by molar-refractivity contribution is 6.07. The molecule has 0 aromatic heterocycles. The summed E-state index contributed by atoms with van der Waals surface area (Å²) in [5.74, 6) is 0.423. The molecule has 3 heteroatoms. The van der Waals surface area contributed by atoms with E-state index < -0.39 is 0 Å². The third-order valence-electron chi connectivity index (χ3n) is 9.74. The number of fused-ring (bicyclic) bond motifs is 3. The van der Waals surface area contributed by atoms with Gasteiger partial charge in [0, 0.05) is 41.6 Å². The number of rotatable bonds is 3. The first-order chi connectivity index (χ1) is 20.1. The van der Waals surface area contributed by atoms with Crippen LogP contribution in [0.25, 0.3) is 10.8 Å². The molecule has 0 amide bonds. The van der Waals surface area contributed by atoms with Gasteiger partial charge in [-0.25, -0.2) is 0 Å². The van der Waals surface area contributed by atoms with Crippen molar-refractivity contribution in [2.24, 2.45) is 5.41 Å². The van der Waals surface area contributed by atoms with Crippen LogP contribution in [0.5, 0.6) is 0 Å². The Balaban J connectivity index is 1.30. The zero-order valence-electron chi connectivity index (χ0n) is 26.1. The van der Waals surface area contributed by atoms with E-state index in [1.807, 2.05) is 0 Å². The number of aliphatic hydroxyl groups excluding tert-OH is 1. The maximum atomic E-state index is 11.3. The SMILES string of the molecule is C/C=C1\C=C/C/C=C\C2=C1C(C)(C)/C(=C\C=C1/CCC(/C=C/C3=[N+](C)c4ccc5ccccc5c4C3(C)C)=C1O)N2C. The zero-order chi connectivity index (χ0) is 29.8. The van der Waals surface area contributed by atoms with Gasteiger partial charge < -0.3 is 10.0 Å². The Labute approximate surface area is 251 Å². The molecule has 2 aromatic carbocycles. The van der Waals surface area contributed by atoms with Crippen molar-refractivity contribution in [1.82, 2.24) is 4.90 Å². The van der Waals surface area contributed by atoms with Crippen LogP contribution < -0.4 is 0 Å². The first-order valence-electron chi connectivity index (χ1n) is 15.2. The molecule has 0 fully saturated rings. The van der Waals surface area contributed by atoms with Gasteiger partial charge in [0.05, 0.1) is 5.41 Å². The summed E-state index contributed by atoms with van der Waals surface area (Å²) >= 11 is 0. The van der Waals surface area contributed by atoms with Crippen LogP contribution in [0.1, 0.15) is 59.4 Å². The molecule has 2 aromatic rings. The molecule has 0 saturated carbocycles. The standard InChI is InChI=1S/C39H42N2O/c1-8-26-14-10-9-11-17-31-35(26)38(2,3)33(40(31)6)24-21-28-18-19-29(37(28)42)22-25-34-39(4,5)36-30-16-13-12-15-27(30)20-23-32(36)41(34)7/h8,10-17,20-25H,9,18-19H2,1-7H3/p+1/b14-10-,17-11-,26-8+,28-21+,33-24+. The van der Waals surface area contributed by atoms with E-state index in [2.05, 4.69) is 149 Å². The van der Waals surface area contributed by atoms with Gasteiger partial charge in [-0.15, -0.1) is 0 Å². The Morgan fingerprint density at radius 2 is 1.67 bits per heavy atom. The second-order valence-corrected chi connectivity index (χ2v) is 12.9. The molecule has 1 N–H and O–H groups in total. The van der Waals surface area contributed by atoms with Crippen LogP contribution in [0.3, 0.4) is 0 Å². The van der Waals surface area contributed by atoms with Crippen molar-refractivity contribution in [2.45, 2.75) is 59.3 Å².